The van der Waals surface area contributed by atoms with E-state index in [0.29, 0.717) is 23.2 Å². The van der Waals surface area contributed by atoms with Crippen molar-refractivity contribution in [3.8, 4) is 18.0 Å². The van der Waals surface area contributed by atoms with Gasteiger partial charge in [0.05, 0.1) is 18.7 Å². The van der Waals surface area contributed by atoms with Gasteiger partial charge in [-0.3, -0.25) is 0 Å². The zero-order chi connectivity index (χ0) is 17.5. The third-order valence-electron chi connectivity index (χ3n) is 4.12. The molecule has 0 amide bonds. The average molecular weight is 324 g/mol. The molecule has 2 aromatic rings. The lowest BCUT2D eigenvalue weighted by molar-refractivity contribution is 0.364. The molecule has 1 aliphatic rings. The van der Waals surface area contributed by atoms with Crippen molar-refractivity contribution in [3.05, 3.63) is 52.5 Å². The number of nitrogens with two attached hydrogens (primary N) is 1. The van der Waals surface area contributed by atoms with Crippen molar-refractivity contribution in [2.45, 2.75) is 32.1 Å². The fraction of sp³-hybridized carbons (Fsp3) is 0.333. The van der Waals surface area contributed by atoms with E-state index >= 15 is 0 Å². The highest BCUT2D eigenvalue weighted by Crippen LogP contribution is 2.44. The molecule has 6 heteroatoms. The lowest BCUT2D eigenvalue weighted by Gasteiger charge is -2.29. The van der Waals surface area contributed by atoms with Gasteiger partial charge in [-0.15, -0.1) is 0 Å². The van der Waals surface area contributed by atoms with Gasteiger partial charge in [0, 0.05) is 0 Å². The number of rotatable bonds is 2. The summed E-state index contributed by atoms with van der Waals surface area (Å²) in [6.07, 6.45) is 0. The summed E-state index contributed by atoms with van der Waals surface area (Å²) in [6, 6.07) is 10.6. The second kappa shape index (κ2) is 5.60. The first-order chi connectivity index (χ1) is 11.4. The minimum atomic E-state index is -0.370. The molecule has 0 bridgehead atoms. The van der Waals surface area contributed by atoms with E-state index in [9.17, 15) is 5.26 Å². The first-order valence-corrected chi connectivity index (χ1v) is 7.67. The molecule has 1 aromatic carbocycles. The maximum Gasteiger partial charge on any atom is 0.296 e. The van der Waals surface area contributed by atoms with Crippen molar-refractivity contribution < 1.29 is 9.47 Å². The second-order valence-corrected chi connectivity index (χ2v) is 6.73. The van der Waals surface area contributed by atoms with Crippen LogP contribution in [-0.4, -0.2) is 17.1 Å². The monoisotopic (exact) mass is 324 g/mol. The van der Waals surface area contributed by atoms with Crippen molar-refractivity contribution in [2.75, 3.05) is 7.11 Å². The Kier molecular flexibility index (Phi) is 3.72. The van der Waals surface area contributed by atoms with Crippen LogP contribution < -0.4 is 15.2 Å². The van der Waals surface area contributed by atoms with Crippen LogP contribution in [0.5, 0.6) is 11.9 Å². The van der Waals surface area contributed by atoms with Crippen LogP contribution in [0.1, 0.15) is 43.5 Å². The lowest BCUT2D eigenvalue weighted by Crippen LogP contribution is -2.24. The first-order valence-electron chi connectivity index (χ1n) is 7.67. The van der Waals surface area contributed by atoms with Gasteiger partial charge < -0.3 is 20.2 Å². The Balaban J connectivity index is 2.27. The van der Waals surface area contributed by atoms with E-state index in [2.05, 4.69) is 42.9 Å². The number of methoxy groups -OCH3 is 1. The Hall–Kier alpha value is -2.94. The molecule has 0 fully saturated rings. The molecule has 0 unspecified atom stereocenters. The smallest absolute Gasteiger partial charge is 0.296 e. The molecule has 24 heavy (non-hydrogen) atoms. The van der Waals surface area contributed by atoms with Gasteiger partial charge in [-0.05, 0) is 16.5 Å². The van der Waals surface area contributed by atoms with Gasteiger partial charge in [0.15, 0.2) is 0 Å². The highest BCUT2D eigenvalue weighted by molar-refractivity contribution is 5.54. The second-order valence-electron chi connectivity index (χ2n) is 6.73. The van der Waals surface area contributed by atoms with Gasteiger partial charge in [0.2, 0.25) is 11.8 Å². The van der Waals surface area contributed by atoms with Gasteiger partial charge in [-0.2, -0.15) is 10.2 Å². The molecule has 3 rings (SSSR count). The summed E-state index contributed by atoms with van der Waals surface area (Å²) in [5, 5.41) is 9.64. The van der Waals surface area contributed by atoms with Crippen LogP contribution >= 0.6 is 0 Å². The molecular weight excluding hydrogens is 304 g/mol. The van der Waals surface area contributed by atoms with Gasteiger partial charge in [-0.25, -0.2) is 0 Å². The van der Waals surface area contributed by atoms with Crippen LogP contribution in [0, 0.1) is 11.3 Å². The van der Waals surface area contributed by atoms with Crippen LogP contribution in [0.4, 0.5) is 0 Å². The number of allylic oxidation sites excluding steroid dienone is 1. The van der Waals surface area contributed by atoms with Crippen LogP contribution in [0.25, 0.3) is 0 Å². The third-order valence-corrected chi connectivity index (χ3v) is 4.12. The van der Waals surface area contributed by atoms with E-state index in [4.69, 9.17) is 15.2 Å². The lowest BCUT2D eigenvalue weighted by atomic mass is 9.77. The van der Waals surface area contributed by atoms with Crippen LogP contribution in [0.3, 0.4) is 0 Å². The number of aromatic amines is 1. The number of hydrogen-bond donors (Lipinski definition) is 2. The molecular formula is C18H20N4O2. The molecule has 124 valence electrons. The summed E-state index contributed by atoms with van der Waals surface area (Å²) in [5.41, 5.74) is 9.07. The summed E-state index contributed by atoms with van der Waals surface area (Å²) in [4.78, 5) is 7.33. The predicted octanol–water partition coefficient (Wildman–Crippen LogP) is 2.93. The third kappa shape index (κ3) is 2.48. The summed E-state index contributed by atoms with van der Waals surface area (Å²) in [6.45, 7) is 6.41. The Morgan fingerprint density at radius 3 is 2.67 bits per heavy atom. The summed E-state index contributed by atoms with van der Waals surface area (Å²) in [7, 11) is 1.52. The van der Waals surface area contributed by atoms with Crippen LogP contribution in [0.15, 0.2) is 35.7 Å². The number of benzene rings is 1. The molecule has 0 saturated carbocycles. The SMILES string of the molecule is COc1nc2c([nH]1)[C@H](c1ccccc1C(C)(C)C)C(C#N)=C(N)O2. The van der Waals surface area contributed by atoms with E-state index in [0.717, 1.165) is 11.1 Å². The number of hydrogen-bond acceptors (Lipinski definition) is 5. The molecule has 1 aliphatic heterocycles. The van der Waals surface area contributed by atoms with E-state index in [-0.39, 0.29) is 17.2 Å². The van der Waals surface area contributed by atoms with E-state index < -0.39 is 0 Å². The normalized spacial score (nSPS) is 17.0. The number of H-pyrrole nitrogens is 1. The molecule has 1 aromatic heterocycles. The number of nitrogens with zero attached hydrogens (tertiary/aromatic N) is 2. The highest BCUT2D eigenvalue weighted by atomic mass is 16.5. The minimum absolute atomic E-state index is 0.0767. The van der Waals surface area contributed by atoms with Gasteiger partial charge in [0.1, 0.15) is 11.6 Å². The minimum Gasteiger partial charge on any atom is -0.468 e. The van der Waals surface area contributed by atoms with Crippen molar-refractivity contribution in [2.24, 2.45) is 5.73 Å². The molecule has 0 aliphatic carbocycles. The Morgan fingerprint density at radius 2 is 2.04 bits per heavy atom. The molecule has 6 nitrogen and oxygen atoms in total. The summed E-state index contributed by atoms with van der Waals surface area (Å²) < 4.78 is 10.7. The fourth-order valence-corrected chi connectivity index (χ4v) is 3.03. The number of aromatic nitrogens is 2. The van der Waals surface area contributed by atoms with Gasteiger partial charge >= 0.3 is 0 Å². The van der Waals surface area contributed by atoms with E-state index in [1.165, 1.54) is 7.11 Å². The van der Waals surface area contributed by atoms with E-state index in [1.807, 2.05) is 18.2 Å². The Bertz CT molecular complexity index is 853. The van der Waals surface area contributed by atoms with E-state index in [1.54, 1.807) is 0 Å². The number of fused-ring (bicyclic) bond motifs is 1. The van der Waals surface area contributed by atoms with Crippen molar-refractivity contribution >= 4 is 0 Å². The molecule has 0 radical (unpaired) electrons. The fourth-order valence-electron chi connectivity index (χ4n) is 3.03. The molecule has 2 heterocycles. The van der Waals surface area contributed by atoms with Crippen molar-refractivity contribution in [1.82, 2.24) is 9.97 Å². The zero-order valence-electron chi connectivity index (χ0n) is 14.2. The largest absolute Gasteiger partial charge is 0.468 e. The molecule has 0 saturated heterocycles. The summed E-state index contributed by atoms with van der Waals surface area (Å²) >= 11 is 0. The van der Waals surface area contributed by atoms with Gasteiger partial charge in [-0.1, -0.05) is 45.0 Å². The van der Waals surface area contributed by atoms with Crippen molar-refractivity contribution in [3.63, 3.8) is 0 Å². The first kappa shape index (κ1) is 15.9. The maximum absolute atomic E-state index is 9.64. The summed E-state index contributed by atoms with van der Waals surface area (Å²) in [5.74, 6) is 0.0514. The predicted molar refractivity (Wildman–Crippen MR) is 89.6 cm³/mol. The van der Waals surface area contributed by atoms with Gasteiger partial charge in [0.25, 0.3) is 6.01 Å². The Labute approximate surface area is 140 Å². The number of imidazole rings is 1. The highest BCUT2D eigenvalue weighted by Gasteiger charge is 2.36. The Morgan fingerprint density at radius 1 is 1.33 bits per heavy atom. The number of nitriles is 1. The molecule has 1 atom stereocenters. The van der Waals surface area contributed by atoms with Crippen LogP contribution in [0.2, 0.25) is 0 Å². The number of ether oxygens (including phenoxy) is 2. The zero-order valence-corrected chi connectivity index (χ0v) is 14.2. The number of nitrogens with one attached hydrogen (secondary N) is 1. The quantitative estimate of drug-likeness (QED) is 0.885. The topological polar surface area (TPSA) is 97.0 Å². The molecule has 3 N–H and O–H groups in total. The standard InChI is InChI=1S/C18H20N4O2/c1-18(2,3)12-8-6-5-7-10(12)13-11(9-19)15(20)24-16-14(13)21-17(22-16)23-4/h5-8,13H,20H2,1-4H3,(H,21,22)/t13-/m1/s1. The molecule has 0 spiro atoms. The maximum atomic E-state index is 9.64. The van der Waals surface area contributed by atoms with Crippen LogP contribution in [-0.2, 0) is 5.41 Å². The van der Waals surface area contributed by atoms with Crippen molar-refractivity contribution in [1.29, 1.82) is 5.26 Å². The average Bonchev–Trinajstić information content (AvgIpc) is 2.95.